The third-order valence-corrected chi connectivity index (χ3v) is 7.25. The smallest absolute Gasteiger partial charge is 0.255 e. The van der Waals surface area contributed by atoms with Gasteiger partial charge in [0.15, 0.2) is 11.5 Å². The van der Waals surface area contributed by atoms with Gasteiger partial charge >= 0.3 is 0 Å². The monoisotopic (exact) mass is 441 g/mol. The summed E-state index contributed by atoms with van der Waals surface area (Å²) in [5.41, 5.74) is 2.71. The normalized spacial score (nSPS) is 15.8. The van der Waals surface area contributed by atoms with Crippen LogP contribution in [0.3, 0.4) is 0 Å². The van der Waals surface area contributed by atoms with Gasteiger partial charge < -0.3 is 19.1 Å². The first kappa shape index (κ1) is 20.6. The number of benzene rings is 2. The maximum atomic E-state index is 13.3. The Hall–Kier alpha value is -2.64. The van der Waals surface area contributed by atoms with Crippen LogP contribution in [0.15, 0.2) is 53.9 Å². The van der Waals surface area contributed by atoms with Gasteiger partial charge in [-0.25, -0.2) is 0 Å². The van der Waals surface area contributed by atoms with Crippen LogP contribution in [0.5, 0.6) is 17.2 Å². The summed E-state index contributed by atoms with van der Waals surface area (Å²) in [6, 6.07) is 15.7. The molecule has 7 heteroatoms. The van der Waals surface area contributed by atoms with E-state index in [1.807, 2.05) is 47.4 Å². The predicted molar refractivity (Wildman–Crippen MR) is 122 cm³/mol. The molecule has 0 N–H and O–H groups in total. The lowest BCUT2D eigenvalue weighted by Crippen LogP contribution is -2.30. The van der Waals surface area contributed by atoms with Crippen molar-refractivity contribution in [2.45, 2.75) is 5.37 Å². The van der Waals surface area contributed by atoms with Gasteiger partial charge in [0.05, 0.1) is 21.3 Å². The maximum absolute atomic E-state index is 13.3. The molecule has 0 aliphatic carbocycles. The number of amides is 1. The van der Waals surface area contributed by atoms with E-state index in [0.717, 1.165) is 16.9 Å². The van der Waals surface area contributed by atoms with E-state index < -0.39 is 0 Å². The Labute approximate surface area is 184 Å². The molecule has 1 aromatic heterocycles. The summed E-state index contributed by atoms with van der Waals surface area (Å²) < 4.78 is 16.5. The second-order valence-electron chi connectivity index (χ2n) is 6.73. The number of carbonyl (C=O) groups is 1. The molecule has 1 aliphatic rings. The van der Waals surface area contributed by atoms with E-state index in [0.29, 0.717) is 29.4 Å². The van der Waals surface area contributed by atoms with Crippen molar-refractivity contribution >= 4 is 29.0 Å². The fraction of sp³-hybridized carbons (Fsp3) is 0.261. The van der Waals surface area contributed by atoms with Gasteiger partial charge in [-0.3, -0.25) is 4.79 Å². The molecule has 1 aliphatic heterocycles. The highest BCUT2D eigenvalue weighted by Crippen LogP contribution is 2.46. The molecule has 1 amide bonds. The highest BCUT2D eigenvalue weighted by molar-refractivity contribution is 7.99. The number of hydrogen-bond acceptors (Lipinski definition) is 6. The Bertz CT molecular complexity index is 1020. The number of ether oxygens (including phenoxy) is 3. The summed E-state index contributed by atoms with van der Waals surface area (Å²) in [4.78, 5) is 16.4. The lowest BCUT2D eigenvalue weighted by atomic mass is 10.1. The number of rotatable bonds is 6. The lowest BCUT2D eigenvalue weighted by Gasteiger charge is -2.26. The van der Waals surface area contributed by atoms with E-state index in [-0.39, 0.29) is 11.3 Å². The van der Waals surface area contributed by atoms with Crippen LogP contribution in [0.25, 0.3) is 10.4 Å². The molecule has 1 fully saturated rings. The van der Waals surface area contributed by atoms with Crippen molar-refractivity contribution in [2.75, 3.05) is 33.6 Å². The third-order valence-electron chi connectivity index (χ3n) is 5.09. The van der Waals surface area contributed by atoms with E-state index in [1.165, 1.54) is 4.88 Å². The zero-order chi connectivity index (χ0) is 21.1. The molecule has 3 aromatic rings. The van der Waals surface area contributed by atoms with Gasteiger partial charge in [0.1, 0.15) is 11.1 Å². The molecule has 2 heterocycles. The first-order chi connectivity index (χ1) is 14.7. The third kappa shape index (κ3) is 3.87. The fourth-order valence-corrected chi connectivity index (χ4v) is 5.57. The van der Waals surface area contributed by atoms with Crippen molar-refractivity contribution < 1.29 is 19.0 Å². The van der Waals surface area contributed by atoms with Gasteiger partial charge in [0.25, 0.3) is 5.91 Å². The van der Waals surface area contributed by atoms with Crippen molar-refractivity contribution in [3.63, 3.8) is 0 Å². The molecule has 30 heavy (non-hydrogen) atoms. The van der Waals surface area contributed by atoms with E-state index in [4.69, 9.17) is 14.2 Å². The molecule has 1 saturated heterocycles. The molecule has 0 saturated carbocycles. The molecule has 1 unspecified atom stereocenters. The van der Waals surface area contributed by atoms with Crippen molar-refractivity contribution in [2.24, 2.45) is 0 Å². The molecule has 0 radical (unpaired) electrons. The number of thiophene rings is 1. The molecule has 1 atom stereocenters. The van der Waals surface area contributed by atoms with E-state index in [1.54, 1.807) is 44.4 Å². The highest BCUT2D eigenvalue weighted by Gasteiger charge is 2.34. The highest BCUT2D eigenvalue weighted by atomic mass is 32.2. The fourth-order valence-electron chi connectivity index (χ4n) is 3.57. The molecule has 156 valence electrons. The topological polar surface area (TPSA) is 48.0 Å². The summed E-state index contributed by atoms with van der Waals surface area (Å²) in [6.45, 7) is 0.679. The molecule has 0 spiro atoms. The van der Waals surface area contributed by atoms with Gasteiger partial charge in [-0.2, -0.15) is 0 Å². The summed E-state index contributed by atoms with van der Waals surface area (Å²) in [7, 11) is 4.82. The van der Waals surface area contributed by atoms with Crippen LogP contribution in [-0.4, -0.2) is 44.4 Å². The average Bonchev–Trinajstić information content (AvgIpc) is 3.50. The zero-order valence-corrected chi connectivity index (χ0v) is 18.7. The van der Waals surface area contributed by atoms with Crippen LogP contribution in [-0.2, 0) is 0 Å². The van der Waals surface area contributed by atoms with Gasteiger partial charge in [-0.05, 0) is 35.2 Å². The second-order valence-corrected chi connectivity index (χ2v) is 8.86. The quantitative estimate of drug-likeness (QED) is 0.518. The van der Waals surface area contributed by atoms with E-state index >= 15 is 0 Å². The Morgan fingerprint density at radius 1 is 0.967 bits per heavy atom. The molecule has 2 aromatic carbocycles. The number of thioether (sulfide) groups is 1. The number of nitrogens with zero attached hydrogens (tertiary/aromatic N) is 1. The SMILES string of the molecule is COc1cc(OC)c(C2SCCN2C(=O)c2ccc(-c3cccs3)cc2)cc1OC. The van der Waals surface area contributed by atoms with Crippen LogP contribution < -0.4 is 14.2 Å². The van der Waals surface area contributed by atoms with Gasteiger partial charge in [0.2, 0.25) is 0 Å². The molecule has 5 nitrogen and oxygen atoms in total. The van der Waals surface area contributed by atoms with Crippen molar-refractivity contribution in [3.05, 3.63) is 65.0 Å². The van der Waals surface area contributed by atoms with Gasteiger partial charge in [0, 0.05) is 34.4 Å². The van der Waals surface area contributed by atoms with Gasteiger partial charge in [-0.1, -0.05) is 18.2 Å². The standard InChI is InChI=1S/C23H23NO4S2/c1-26-18-14-20(28-3)19(27-2)13-17(18)23-24(10-12-30-23)22(25)16-8-6-15(7-9-16)21-5-4-11-29-21/h4-9,11,13-14,23H,10,12H2,1-3H3. The van der Waals surface area contributed by atoms with E-state index in [2.05, 4.69) is 11.4 Å². The predicted octanol–water partition coefficient (Wildman–Crippen LogP) is 5.33. The zero-order valence-electron chi connectivity index (χ0n) is 17.1. The summed E-state index contributed by atoms with van der Waals surface area (Å²) >= 11 is 3.41. The first-order valence-electron chi connectivity index (χ1n) is 9.52. The van der Waals surface area contributed by atoms with Crippen LogP contribution in [0.2, 0.25) is 0 Å². The van der Waals surface area contributed by atoms with Crippen molar-refractivity contribution in [3.8, 4) is 27.7 Å². The van der Waals surface area contributed by atoms with Crippen molar-refractivity contribution in [1.82, 2.24) is 4.90 Å². The van der Waals surface area contributed by atoms with E-state index in [9.17, 15) is 4.79 Å². The summed E-state index contributed by atoms with van der Waals surface area (Å²) in [5, 5.41) is 1.90. The number of methoxy groups -OCH3 is 3. The molecular formula is C23H23NO4S2. The summed E-state index contributed by atoms with van der Waals surface area (Å²) in [5.74, 6) is 2.77. The van der Waals surface area contributed by atoms with Crippen LogP contribution in [0.4, 0.5) is 0 Å². The lowest BCUT2D eigenvalue weighted by molar-refractivity contribution is 0.0759. The number of hydrogen-bond donors (Lipinski definition) is 0. The Morgan fingerprint density at radius 3 is 2.30 bits per heavy atom. The maximum Gasteiger partial charge on any atom is 0.255 e. The minimum absolute atomic E-state index is 0.0135. The molecule has 0 bridgehead atoms. The Kier molecular flexibility index (Phi) is 6.20. The minimum atomic E-state index is -0.149. The van der Waals surface area contributed by atoms with Crippen LogP contribution in [0.1, 0.15) is 21.3 Å². The first-order valence-corrected chi connectivity index (χ1v) is 11.5. The Morgan fingerprint density at radius 2 is 1.67 bits per heavy atom. The van der Waals surface area contributed by atoms with Crippen LogP contribution in [0, 0.1) is 0 Å². The van der Waals surface area contributed by atoms with Gasteiger partial charge in [-0.15, -0.1) is 23.1 Å². The Balaban J connectivity index is 1.63. The minimum Gasteiger partial charge on any atom is -0.496 e. The molecular weight excluding hydrogens is 418 g/mol. The summed E-state index contributed by atoms with van der Waals surface area (Å²) in [6.07, 6.45) is 0. The molecule has 4 rings (SSSR count). The number of carbonyl (C=O) groups excluding carboxylic acids is 1. The average molecular weight is 442 g/mol. The van der Waals surface area contributed by atoms with Crippen LogP contribution >= 0.6 is 23.1 Å². The van der Waals surface area contributed by atoms with Crippen molar-refractivity contribution in [1.29, 1.82) is 0 Å². The second kappa shape index (κ2) is 9.02. The largest absolute Gasteiger partial charge is 0.496 e.